The van der Waals surface area contributed by atoms with Crippen molar-refractivity contribution in [3.05, 3.63) is 78.9 Å². The first kappa shape index (κ1) is 29.7. The molecule has 1 aliphatic carbocycles. The van der Waals surface area contributed by atoms with Crippen LogP contribution in [0.5, 0.6) is 0 Å². The summed E-state index contributed by atoms with van der Waals surface area (Å²) in [5.74, 6) is 2.03. The third-order valence-corrected chi connectivity index (χ3v) is 8.07. The van der Waals surface area contributed by atoms with Gasteiger partial charge in [0.25, 0.3) is 0 Å². The fourth-order valence-corrected chi connectivity index (χ4v) is 5.96. The number of pyridine rings is 1. The van der Waals surface area contributed by atoms with Crippen molar-refractivity contribution in [2.45, 2.75) is 64.8 Å². The number of rotatable bonds is 10. The Morgan fingerprint density at radius 1 is 0.905 bits per heavy atom. The topological polar surface area (TPSA) is 81.6 Å². The number of imidazole rings is 1. The molecule has 6 rings (SSSR count). The highest BCUT2D eigenvalue weighted by Gasteiger charge is 2.37. The van der Waals surface area contributed by atoms with Crippen LogP contribution in [0.4, 0.5) is 5.82 Å². The van der Waals surface area contributed by atoms with Crippen LogP contribution in [0, 0.1) is 0 Å². The number of hydrogen-bond acceptors (Lipinski definition) is 6. The number of nitrogen functional groups attached to an aromatic ring is 1. The van der Waals surface area contributed by atoms with E-state index in [1.165, 1.54) is 25.9 Å². The van der Waals surface area contributed by atoms with E-state index in [1.54, 1.807) is 13.3 Å². The van der Waals surface area contributed by atoms with Gasteiger partial charge in [-0.3, -0.25) is 4.40 Å². The van der Waals surface area contributed by atoms with E-state index in [0.717, 1.165) is 70.6 Å². The van der Waals surface area contributed by atoms with E-state index >= 15 is 0 Å². The van der Waals surface area contributed by atoms with E-state index in [0.29, 0.717) is 17.8 Å². The highest BCUT2D eigenvalue weighted by Crippen LogP contribution is 2.42. The Bertz CT molecular complexity index is 1580. The highest BCUT2D eigenvalue weighted by atomic mass is 16.5. The maximum atomic E-state index is 6.44. The first-order chi connectivity index (χ1) is 20.6. The summed E-state index contributed by atoms with van der Waals surface area (Å²) in [7, 11) is 1.71. The SMILES string of the molecule is CCCN(CCC)C1CC(c2nc(-c3ccc4ccc(-c5ccccc5)nc4c3)c3c(N)nccn23)C1.CCCOC. The quantitative estimate of drug-likeness (QED) is 0.188. The molecule has 0 aliphatic heterocycles. The van der Waals surface area contributed by atoms with E-state index in [9.17, 15) is 0 Å². The van der Waals surface area contributed by atoms with Crippen molar-refractivity contribution in [1.29, 1.82) is 0 Å². The highest BCUT2D eigenvalue weighted by molar-refractivity contribution is 5.91. The number of methoxy groups -OCH3 is 1. The molecule has 0 bridgehead atoms. The van der Waals surface area contributed by atoms with Crippen LogP contribution in [0.3, 0.4) is 0 Å². The second kappa shape index (κ2) is 13.9. The summed E-state index contributed by atoms with van der Waals surface area (Å²) >= 11 is 0. The largest absolute Gasteiger partial charge is 0.385 e. The lowest BCUT2D eigenvalue weighted by molar-refractivity contribution is 0.105. The average Bonchev–Trinajstić information content (AvgIpc) is 3.38. The lowest BCUT2D eigenvalue weighted by atomic mass is 9.78. The summed E-state index contributed by atoms with van der Waals surface area (Å²) in [4.78, 5) is 17.3. The van der Waals surface area contributed by atoms with Gasteiger partial charge in [-0.1, -0.05) is 69.3 Å². The van der Waals surface area contributed by atoms with Crippen molar-refractivity contribution in [2.24, 2.45) is 0 Å². The Labute approximate surface area is 249 Å². The average molecular weight is 565 g/mol. The van der Waals surface area contributed by atoms with Crippen LogP contribution in [-0.4, -0.2) is 57.1 Å². The maximum Gasteiger partial charge on any atom is 0.150 e. The Morgan fingerprint density at radius 3 is 2.31 bits per heavy atom. The molecular weight excluding hydrogens is 520 g/mol. The van der Waals surface area contributed by atoms with Crippen molar-refractivity contribution in [1.82, 2.24) is 24.3 Å². The van der Waals surface area contributed by atoms with Crippen LogP contribution in [0.1, 0.15) is 64.6 Å². The zero-order chi connectivity index (χ0) is 29.5. The van der Waals surface area contributed by atoms with Gasteiger partial charge in [-0.2, -0.15) is 0 Å². The molecule has 0 unspecified atom stereocenters. The van der Waals surface area contributed by atoms with Gasteiger partial charge >= 0.3 is 0 Å². The Morgan fingerprint density at radius 2 is 1.64 bits per heavy atom. The standard InChI is InChI=1S/C31H34N6.C4H10O/c1-3-15-36(16-4-2)25-18-24(19-25)31-35-28(29-30(32)33-14-17-37(29)31)23-11-10-22-12-13-26(34-27(22)20-23)21-8-6-5-7-9-21;1-3-4-5-2/h5-14,17,20,24-25H,3-4,15-16,18-19H2,1-2H3,(H2,32,33);3-4H2,1-2H3. The molecule has 3 aromatic heterocycles. The Balaban J connectivity index is 0.000000652. The van der Waals surface area contributed by atoms with Crippen molar-refractivity contribution >= 4 is 22.2 Å². The predicted molar refractivity (Wildman–Crippen MR) is 174 cm³/mol. The fourth-order valence-electron chi connectivity index (χ4n) is 5.96. The number of aromatic nitrogens is 4. The van der Waals surface area contributed by atoms with Gasteiger partial charge in [0.05, 0.1) is 11.2 Å². The molecule has 220 valence electrons. The molecule has 0 amide bonds. The second-order valence-electron chi connectivity index (χ2n) is 11.2. The van der Waals surface area contributed by atoms with Crippen molar-refractivity contribution in [3.63, 3.8) is 0 Å². The smallest absolute Gasteiger partial charge is 0.150 e. The molecule has 0 spiro atoms. The van der Waals surface area contributed by atoms with Crippen LogP contribution in [0.2, 0.25) is 0 Å². The number of nitrogens with two attached hydrogens (primary N) is 1. The van der Waals surface area contributed by atoms with Gasteiger partial charge in [0.2, 0.25) is 0 Å². The lowest BCUT2D eigenvalue weighted by Crippen LogP contribution is -2.45. The zero-order valence-corrected chi connectivity index (χ0v) is 25.5. The fraction of sp³-hybridized carbons (Fsp3) is 0.400. The molecule has 2 aromatic carbocycles. The number of fused-ring (bicyclic) bond motifs is 2. The van der Waals surface area contributed by atoms with E-state index in [2.05, 4.69) is 77.5 Å². The molecule has 3 heterocycles. The summed E-state index contributed by atoms with van der Waals surface area (Å²) < 4.78 is 6.86. The van der Waals surface area contributed by atoms with E-state index < -0.39 is 0 Å². The molecule has 42 heavy (non-hydrogen) atoms. The van der Waals surface area contributed by atoms with Gasteiger partial charge in [-0.05, 0) is 57.3 Å². The van der Waals surface area contributed by atoms with Gasteiger partial charge < -0.3 is 15.4 Å². The molecule has 0 atom stereocenters. The number of anilines is 1. The third kappa shape index (κ3) is 6.32. The third-order valence-electron chi connectivity index (χ3n) is 8.07. The van der Waals surface area contributed by atoms with Gasteiger partial charge in [-0.25, -0.2) is 15.0 Å². The molecule has 0 saturated heterocycles. The molecule has 2 N–H and O–H groups in total. The molecule has 7 heteroatoms. The molecule has 1 saturated carbocycles. The summed E-state index contributed by atoms with van der Waals surface area (Å²) in [5.41, 5.74) is 12.2. The summed E-state index contributed by atoms with van der Waals surface area (Å²) in [6.07, 6.45) is 9.58. The van der Waals surface area contributed by atoms with Gasteiger partial charge in [-0.15, -0.1) is 0 Å². The van der Waals surface area contributed by atoms with Gasteiger partial charge in [0.15, 0.2) is 0 Å². The zero-order valence-electron chi connectivity index (χ0n) is 25.5. The first-order valence-corrected chi connectivity index (χ1v) is 15.4. The Kier molecular flexibility index (Phi) is 9.82. The predicted octanol–water partition coefficient (Wildman–Crippen LogP) is 7.60. The second-order valence-corrected chi connectivity index (χ2v) is 11.2. The minimum absolute atomic E-state index is 0.424. The summed E-state index contributed by atoms with van der Waals surface area (Å²) in [6, 6.07) is 21.5. The molecule has 1 aliphatic rings. The van der Waals surface area contributed by atoms with Crippen LogP contribution in [0.25, 0.3) is 38.9 Å². The maximum absolute atomic E-state index is 6.44. The van der Waals surface area contributed by atoms with Crippen molar-refractivity contribution in [2.75, 3.05) is 32.5 Å². The van der Waals surface area contributed by atoms with Crippen LogP contribution < -0.4 is 5.73 Å². The van der Waals surface area contributed by atoms with E-state index in [1.807, 2.05) is 24.4 Å². The first-order valence-electron chi connectivity index (χ1n) is 15.4. The molecular formula is C35H44N6O. The number of ether oxygens (including phenoxy) is 1. The van der Waals surface area contributed by atoms with Crippen LogP contribution in [-0.2, 0) is 4.74 Å². The number of hydrogen-bond donors (Lipinski definition) is 1. The monoisotopic (exact) mass is 564 g/mol. The lowest BCUT2D eigenvalue weighted by Gasteiger charge is -2.42. The van der Waals surface area contributed by atoms with E-state index in [4.69, 9.17) is 20.4 Å². The molecule has 0 radical (unpaired) electrons. The molecule has 1 fully saturated rings. The minimum Gasteiger partial charge on any atom is -0.385 e. The normalized spacial score (nSPS) is 16.4. The van der Waals surface area contributed by atoms with Gasteiger partial charge in [0, 0.05) is 54.6 Å². The van der Waals surface area contributed by atoms with E-state index in [-0.39, 0.29) is 0 Å². The Hall–Kier alpha value is -3.81. The molecule has 5 aromatic rings. The van der Waals surface area contributed by atoms with Crippen LogP contribution in [0.15, 0.2) is 73.1 Å². The summed E-state index contributed by atoms with van der Waals surface area (Å²) in [6.45, 7) is 9.85. The van der Waals surface area contributed by atoms with Crippen LogP contribution >= 0.6 is 0 Å². The number of benzene rings is 2. The minimum atomic E-state index is 0.424. The van der Waals surface area contributed by atoms with Crippen molar-refractivity contribution < 1.29 is 4.74 Å². The van der Waals surface area contributed by atoms with Gasteiger partial charge in [0.1, 0.15) is 22.9 Å². The number of nitrogens with zero attached hydrogens (tertiary/aromatic N) is 5. The van der Waals surface area contributed by atoms with Crippen molar-refractivity contribution in [3.8, 4) is 22.5 Å². The summed E-state index contributed by atoms with van der Waals surface area (Å²) in [5, 5.41) is 1.10. The molecule has 7 nitrogen and oxygen atoms in total.